The Morgan fingerprint density at radius 1 is 1.06 bits per heavy atom. The highest BCUT2D eigenvalue weighted by Gasteiger charge is 2.27. The van der Waals surface area contributed by atoms with E-state index in [1.54, 1.807) is 0 Å². The Bertz CT molecular complexity index is 207. The molecule has 0 radical (unpaired) electrons. The van der Waals surface area contributed by atoms with Crippen molar-refractivity contribution in [1.29, 1.82) is 0 Å². The first-order valence-electron chi connectivity index (χ1n) is 7.21. The second-order valence-electron chi connectivity index (χ2n) is 5.72. The third kappa shape index (κ3) is 3.21. The molecule has 1 saturated carbocycles. The maximum atomic E-state index is 9.75. The Morgan fingerprint density at radius 2 is 1.94 bits per heavy atom. The molecule has 0 spiro atoms. The van der Waals surface area contributed by atoms with Crippen LogP contribution < -0.4 is 0 Å². The highest BCUT2D eigenvalue weighted by atomic mass is 16.3. The van der Waals surface area contributed by atoms with Crippen molar-refractivity contribution in [2.45, 2.75) is 70.4 Å². The van der Waals surface area contributed by atoms with E-state index in [1.165, 1.54) is 51.6 Å². The number of nitrogens with zero attached hydrogens (tertiary/aromatic N) is 1. The first-order valence-corrected chi connectivity index (χ1v) is 7.21. The van der Waals surface area contributed by atoms with Gasteiger partial charge in [-0.2, -0.15) is 0 Å². The summed E-state index contributed by atoms with van der Waals surface area (Å²) in [5.74, 6) is 0.957. The summed E-state index contributed by atoms with van der Waals surface area (Å²) < 4.78 is 0. The van der Waals surface area contributed by atoms with Crippen molar-refractivity contribution in [3.05, 3.63) is 0 Å². The number of aliphatic hydroxyl groups is 1. The van der Waals surface area contributed by atoms with Crippen LogP contribution in [0, 0.1) is 5.92 Å². The fraction of sp³-hybridized carbons (Fsp3) is 1.00. The van der Waals surface area contributed by atoms with Crippen molar-refractivity contribution >= 4 is 0 Å². The molecule has 2 rings (SSSR count). The molecule has 16 heavy (non-hydrogen) atoms. The van der Waals surface area contributed by atoms with E-state index in [9.17, 15) is 5.11 Å². The Balaban J connectivity index is 1.84. The number of hydrogen-bond acceptors (Lipinski definition) is 2. The van der Waals surface area contributed by atoms with Gasteiger partial charge < -0.3 is 10.0 Å². The minimum absolute atomic E-state index is 0.0241. The van der Waals surface area contributed by atoms with Crippen molar-refractivity contribution < 1.29 is 5.11 Å². The van der Waals surface area contributed by atoms with E-state index < -0.39 is 0 Å². The molecule has 0 aromatic rings. The number of likely N-dealkylation sites (tertiary alicyclic amines) is 1. The van der Waals surface area contributed by atoms with Gasteiger partial charge in [0.15, 0.2) is 0 Å². The SMILES string of the molecule is CCC1CCCN(C2CCCC(O)C2)CC1. The normalized spacial score (nSPS) is 38.2. The molecule has 1 aliphatic heterocycles. The van der Waals surface area contributed by atoms with Gasteiger partial charge in [-0.3, -0.25) is 0 Å². The van der Waals surface area contributed by atoms with Gasteiger partial charge >= 0.3 is 0 Å². The van der Waals surface area contributed by atoms with Crippen molar-refractivity contribution in [3.8, 4) is 0 Å². The van der Waals surface area contributed by atoms with Gasteiger partial charge in [-0.15, -0.1) is 0 Å². The van der Waals surface area contributed by atoms with Crippen molar-refractivity contribution in [1.82, 2.24) is 4.90 Å². The third-order valence-corrected chi connectivity index (χ3v) is 4.59. The molecule has 1 saturated heterocycles. The first-order chi connectivity index (χ1) is 7.79. The average Bonchev–Trinajstić information content (AvgIpc) is 2.54. The van der Waals surface area contributed by atoms with Gasteiger partial charge in [-0.25, -0.2) is 0 Å². The maximum absolute atomic E-state index is 9.75. The predicted octanol–water partition coefficient (Wildman–Crippen LogP) is 2.80. The molecule has 1 aliphatic carbocycles. The molecule has 1 heterocycles. The number of hydrogen-bond donors (Lipinski definition) is 1. The molecule has 3 atom stereocenters. The Morgan fingerprint density at radius 3 is 2.69 bits per heavy atom. The fourth-order valence-electron chi connectivity index (χ4n) is 3.43. The zero-order valence-electron chi connectivity index (χ0n) is 10.7. The lowest BCUT2D eigenvalue weighted by Crippen LogP contribution is -2.40. The number of aliphatic hydroxyl groups excluding tert-OH is 1. The van der Waals surface area contributed by atoms with Crippen LogP contribution in [0.15, 0.2) is 0 Å². The second-order valence-corrected chi connectivity index (χ2v) is 5.72. The molecule has 0 aromatic carbocycles. The standard InChI is InChI=1S/C14H27NO/c1-2-12-5-4-9-15(10-8-12)13-6-3-7-14(16)11-13/h12-14,16H,2-11H2,1H3. The highest BCUT2D eigenvalue weighted by Crippen LogP contribution is 2.27. The van der Waals surface area contributed by atoms with Crippen molar-refractivity contribution in [2.24, 2.45) is 5.92 Å². The van der Waals surface area contributed by atoms with Gasteiger partial charge in [-0.1, -0.05) is 13.3 Å². The van der Waals surface area contributed by atoms with Gasteiger partial charge in [0.2, 0.25) is 0 Å². The largest absolute Gasteiger partial charge is 0.393 e. The lowest BCUT2D eigenvalue weighted by atomic mass is 9.91. The van der Waals surface area contributed by atoms with E-state index in [4.69, 9.17) is 0 Å². The monoisotopic (exact) mass is 225 g/mol. The fourth-order valence-corrected chi connectivity index (χ4v) is 3.43. The van der Waals surface area contributed by atoms with E-state index in [1.807, 2.05) is 0 Å². The zero-order valence-corrected chi connectivity index (χ0v) is 10.7. The van der Waals surface area contributed by atoms with Crippen LogP contribution in [0.5, 0.6) is 0 Å². The molecule has 3 unspecified atom stereocenters. The molecule has 0 bridgehead atoms. The van der Waals surface area contributed by atoms with E-state index in [-0.39, 0.29) is 6.10 Å². The van der Waals surface area contributed by atoms with E-state index in [0.717, 1.165) is 18.8 Å². The lowest BCUT2D eigenvalue weighted by molar-refractivity contribution is 0.0628. The Labute approximate surface area is 100 Å². The topological polar surface area (TPSA) is 23.5 Å². The van der Waals surface area contributed by atoms with Crippen LogP contribution in [-0.4, -0.2) is 35.2 Å². The summed E-state index contributed by atoms with van der Waals surface area (Å²) in [4.78, 5) is 2.66. The van der Waals surface area contributed by atoms with Crippen LogP contribution in [0.3, 0.4) is 0 Å². The molecule has 2 fully saturated rings. The van der Waals surface area contributed by atoms with Gasteiger partial charge in [0.25, 0.3) is 0 Å². The molecule has 0 aromatic heterocycles. The Kier molecular flexibility index (Phi) is 4.66. The smallest absolute Gasteiger partial charge is 0.0555 e. The molecular weight excluding hydrogens is 198 g/mol. The van der Waals surface area contributed by atoms with Crippen LogP contribution in [-0.2, 0) is 0 Å². The Hall–Kier alpha value is -0.0800. The van der Waals surface area contributed by atoms with Crippen LogP contribution >= 0.6 is 0 Å². The lowest BCUT2D eigenvalue weighted by Gasteiger charge is -2.35. The maximum Gasteiger partial charge on any atom is 0.0555 e. The first kappa shape index (κ1) is 12.4. The van der Waals surface area contributed by atoms with Crippen molar-refractivity contribution in [3.63, 3.8) is 0 Å². The predicted molar refractivity (Wildman–Crippen MR) is 67.5 cm³/mol. The summed E-state index contributed by atoms with van der Waals surface area (Å²) in [5, 5.41) is 9.75. The summed E-state index contributed by atoms with van der Waals surface area (Å²) >= 11 is 0. The molecule has 94 valence electrons. The molecule has 0 amide bonds. The van der Waals surface area contributed by atoms with Crippen LogP contribution in [0.1, 0.15) is 58.3 Å². The van der Waals surface area contributed by atoms with E-state index in [0.29, 0.717) is 6.04 Å². The van der Waals surface area contributed by atoms with E-state index in [2.05, 4.69) is 11.8 Å². The van der Waals surface area contributed by atoms with Gasteiger partial charge in [0, 0.05) is 6.04 Å². The molecule has 2 aliphatic rings. The van der Waals surface area contributed by atoms with Crippen LogP contribution in [0.4, 0.5) is 0 Å². The summed E-state index contributed by atoms with van der Waals surface area (Å²) in [6.45, 7) is 4.87. The molecular formula is C14H27NO. The quantitative estimate of drug-likeness (QED) is 0.781. The summed E-state index contributed by atoms with van der Waals surface area (Å²) in [6, 6.07) is 0.680. The zero-order chi connectivity index (χ0) is 11.4. The molecule has 2 heteroatoms. The van der Waals surface area contributed by atoms with Gasteiger partial charge in [-0.05, 0) is 64.0 Å². The van der Waals surface area contributed by atoms with Crippen LogP contribution in [0.25, 0.3) is 0 Å². The average molecular weight is 225 g/mol. The minimum atomic E-state index is -0.0241. The molecule has 2 nitrogen and oxygen atoms in total. The summed E-state index contributed by atoms with van der Waals surface area (Å²) in [6.07, 6.45) is 10.1. The van der Waals surface area contributed by atoms with Gasteiger partial charge in [0.1, 0.15) is 0 Å². The highest BCUT2D eigenvalue weighted by molar-refractivity contribution is 4.82. The minimum Gasteiger partial charge on any atom is -0.393 e. The third-order valence-electron chi connectivity index (χ3n) is 4.59. The second kappa shape index (κ2) is 6.02. The van der Waals surface area contributed by atoms with Crippen molar-refractivity contribution in [2.75, 3.05) is 13.1 Å². The molecule has 1 N–H and O–H groups in total. The van der Waals surface area contributed by atoms with Crippen LogP contribution in [0.2, 0.25) is 0 Å². The van der Waals surface area contributed by atoms with Gasteiger partial charge in [0.05, 0.1) is 6.10 Å². The van der Waals surface area contributed by atoms with E-state index >= 15 is 0 Å². The summed E-state index contributed by atoms with van der Waals surface area (Å²) in [5.41, 5.74) is 0. The number of rotatable bonds is 2. The summed E-state index contributed by atoms with van der Waals surface area (Å²) in [7, 11) is 0.